The molecule has 0 heterocycles. The summed E-state index contributed by atoms with van der Waals surface area (Å²) in [5.74, 6) is 0.610. The molecule has 0 saturated heterocycles. The summed E-state index contributed by atoms with van der Waals surface area (Å²) in [6.45, 7) is 7.04. The van der Waals surface area contributed by atoms with Gasteiger partial charge in [0.15, 0.2) is 5.96 Å². The number of guanidine groups is 1. The Morgan fingerprint density at radius 1 is 1.22 bits per heavy atom. The Balaban J connectivity index is 0.00000484. The van der Waals surface area contributed by atoms with Crippen LogP contribution < -0.4 is 10.6 Å². The lowest BCUT2D eigenvalue weighted by atomic mass is 10.1. The quantitative estimate of drug-likeness (QED) is 0.374. The molecule has 4 nitrogen and oxygen atoms in total. The van der Waals surface area contributed by atoms with E-state index in [0.29, 0.717) is 6.04 Å². The van der Waals surface area contributed by atoms with Crippen molar-refractivity contribution in [2.45, 2.75) is 32.7 Å². The number of nitrogens with one attached hydrogen (secondary N) is 2. The summed E-state index contributed by atoms with van der Waals surface area (Å²) in [6, 6.07) is 7.21. The second-order valence-electron chi connectivity index (χ2n) is 5.54. The largest absolute Gasteiger partial charge is 0.356 e. The van der Waals surface area contributed by atoms with Gasteiger partial charge in [0.1, 0.15) is 5.82 Å². The Morgan fingerprint density at radius 3 is 2.39 bits per heavy atom. The zero-order valence-corrected chi connectivity index (χ0v) is 16.9. The number of aliphatic imine (C=N–C) groups is 1. The highest BCUT2D eigenvalue weighted by molar-refractivity contribution is 14.0. The van der Waals surface area contributed by atoms with E-state index in [4.69, 9.17) is 0 Å². The van der Waals surface area contributed by atoms with Gasteiger partial charge in [-0.2, -0.15) is 0 Å². The number of rotatable bonds is 8. The Morgan fingerprint density at radius 2 is 1.83 bits per heavy atom. The molecule has 1 rings (SSSR count). The molecule has 0 aliphatic heterocycles. The van der Waals surface area contributed by atoms with Crippen LogP contribution in [0.2, 0.25) is 0 Å². The predicted molar refractivity (Wildman–Crippen MR) is 107 cm³/mol. The molecule has 0 spiro atoms. The molecule has 6 heteroatoms. The lowest BCUT2D eigenvalue weighted by molar-refractivity contribution is 0.255. The van der Waals surface area contributed by atoms with Gasteiger partial charge in [-0.25, -0.2) is 4.39 Å². The zero-order chi connectivity index (χ0) is 16.4. The fourth-order valence-corrected chi connectivity index (χ4v) is 2.08. The number of hydrogen-bond acceptors (Lipinski definition) is 2. The second kappa shape index (κ2) is 12.5. The number of likely N-dealkylation sites (N-methyl/N-ethyl adjacent to an activating group) is 1. The van der Waals surface area contributed by atoms with Gasteiger partial charge in [-0.15, -0.1) is 24.0 Å². The second-order valence-corrected chi connectivity index (χ2v) is 5.54. The van der Waals surface area contributed by atoms with Crippen LogP contribution in [0.1, 0.15) is 25.8 Å². The van der Waals surface area contributed by atoms with Crippen LogP contribution in [-0.4, -0.2) is 50.6 Å². The Labute approximate surface area is 157 Å². The lowest BCUT2D eigenvalue weighted by Gasteiger charge is -2.24. The monoisotopic (exact) mass is 436 g/mol. The van der Waals surface area contributed by atoms with Gasteiger partial charge in [0, 0.05) is 32.7 Å². The van der Waals surface area contributed by atoms with Gasteiger partial charge in [-0.3, -0.25) is 4.99 Å². The first-order valence-electron chi connectivity index (χ1n) is 7.96. The molecule has 1 atom stereocenters. The average Bonchev–Trinajstić information content (AvgIpc) is 2.54. The van der Waals surface area contributed by atoms with Crippen molar-refractivity contribution in [1.82, 2.24) is 15.5 Å². The summed E-state index contributed by atoms with van der Waals surface area (Å²) in [5.41, 5.74) is 1.11. The molecule has 0 aliphatic rings. The Bertz CT molecular complexity index is 450. The van der Waals surface area contributed by atoms with Gasteiger partial charge >= 0.3 is 0 Å². The van der Waals surface area contributed by atoms with Crippen LogP contribution in [0.15, 0.2) is 29.3 Å². The molecule has 1 aromatic carbocycles. The summed E-state index contributed by atoms with van der Waals surface area (Å²) in [5, 5.41) is 6.59. The van der Waals surface area contributed by atoms with E-state index in [2.05, 4.69) is 41.4 Å². The topological polar surface area (TPSA) is 39.7 Å². The molecular weight excluding hydrogens is 406 g/mol. The van der Waals surface area contributed by atoms with E-state index in [0.717, 1.165) is 44.0 Å². The Kier molecular flexibility index (Phi) is 12.0. The maximum atomic E-state index is 12.8. The molecule has 1 unspecified atom stereocenters. The minimum atomic E-state index is -0.195. The fourth-order valence-electron chi connectivity index (χ4n) is 2.08. The summed E-state index contributed by atoms with van der Waals surface area (Å²) in [6.07, 6.45) is 1.99. The molecule has 0 aliphatic carbocycles. The van der Waals surface area contributed by atoms with E-state index in [-0.39, 0.29) is 29.8 Å². The van der Waals surface area contributed by atoms with Crippen LogP contribution in [0.4, 0.5) is 4.39 Å². The summed E-state index contributed by atoms with van der Waals surface area (Å²) < 4.78 is 12.8. The van der Waals surface area contributed by atoms with Crippen LogP contribution in [-0.2, 0) is 6.42 Å². The fraction of sp³-hybridized carbons (Fsp3) is 0.588. The number of benzene rings is 1. The van der Waals surface area contributed by atoms with Gasteiger partial charge < -0.3 is 15.5 Å². The number of hydrogen-bond donors (Lipinski definition) is 2. The van der Waals surface area contributed by atoms with Crippen LogP contribution in [0.25, 0.3) is 0 Å². The van der Waals surface area contributed by atoms with Crippen molar-refractivity contribution < 1.29 is 4.39 Å². The minimum Gasteiger partial charge on any atom is -0.356 e. The maximum Gasteiger partial charge on any atom is 0.191 e. The summed E-state index contributed by atoms with van der Waals surface area (Å²) >= 11 is 0. The third-order valence-corrected chi connectivity index (χ3v) is 3.94. The molecule has 132 valence electrons. The molecule has 2 N–H and O–H groups in total. The molecule has 0 aromatic heterocycles. The first-order valence-corrected chi connectivity index (χ1v) is 7.96. The predicted octanol–water partition coefficient (Wildman–Crippen LogP) is 2.88. The van der Waals surface area contributed by atoms with Crippen LogP contribution in [0.5, 0.6) is 0 Å². The standard InChI is InChI=1S/C17H29FN4.HI/c1-5-14(2)22(4)13-12-21-17(19-3)20-11-10-15-6-8-16(18)9-7-15;/h6-9,14H,5,10-13H2,1-4H3,(H2,19,20,21);1H. The van der Waals surface area contributed by atoms with Crippen LogP contribution >= 0.6 is 24.0 Å². The molecule has 0 bridgehead atoms. The zero-order valence-electron chi connectivity index (χ0n) is 14.6. The highest BCUT2D eigenvalue weighted by atomic mass is 127. The highest BCUT2D eigenvalue weighted by Gasteiger charge is 2.06. The normalized spacial score (nSPS) is 12.7. The van der Waals surface area contributed by atoms with Gasteiger partial charge in [0.05, 0.1) is 0 Å². The van der Waals surface area contributed by atoms with Crippen LogP contribution in [0, 0.1) is 5.82 Å². The van der Waals surface area contributed by atoms with Gasteiger partial charge in [0.2, 0.25) is 0 Å². The molecule has 23 heavy (non-hydrogen) atoms. The van der Waals surface area contributed by atoms with E-state index in [1.54, 1.807) is 7.05 Å². The van der Waals surface area contributed by atoms with E-state index >= 15 is 0 Å². The SMILES string of the molecule is CCC(C)N(C)CCNC(=NC)NCCc1ccc(F)cc1.I. The molecule has 0 saturated carbocycles. The lowest BCUT2D eigenvalue weighted by Crippen LogP contribution is -2.42. The van der Waals surface area contributed by atoms with Crippen LogP contribution in [0.3, 0.4) is 0 Å². The molecule has 0 fully saturated rings. The number of nitrogens with zero attached hydrogens (tertiary/aromatic N) is 2. The van der Waals surface area contributed by atoms with Gasteiger partial charge in [-0.1, -0.05) is 19.1 Å². The minimum absolute atomic E-state index is 0. The third-order valence-electron chi connectivity index (χ3n) is 3.94. The third kappa shape index (κ3) is 9.10. The smallest absolute Gasteiger partial charge is 0.191 e. The summed E-state index contributed by atoms with van der Waals surface area (Å²) in [4.78, 5) is 6.54. The number of halogens is 2. The van der Waals surface area contributed by atoms with Crippen molar-refractivity contribution in [3.63, 3.8) is 0 Å². The van der Waals surface area contributed by atoms with Gasteiger partial charge in [0.25, 0.3) is 0 Å². The van der Waals surface area contributed by atoms with Crippen molar-refractivity contribution in [3.05, 3.63) is 35.6 Å². The molecule has 0 radical (unpaired) electrons. The van der Waals surface area contributed by atoms with Crippen molar-refractivity contribution in [1.29, 1.82) is 0 Å². The van der Waals surface area contributed by atoms with E-state index in [1.807, 2.05) is 12.1 Å². The van der Waals surface area contributed by atoms with Gasteiger partial charge in [-0.05, 0) is 44.5 Å². The van der Waals surface area contributed by atoms with Crippen molar-refractivity contribution in [2.75, 3.05) is 33.7 Å². The van der Waals surface area contributed by atoms with E-state index in [1.165, 1.54) is 12.1 Å². The maximum absolute atomic E-state index is 12.8. The molecule has 1 aromatic rings. The summed E-state index contributed by atoms with van der Waals surface area (Å²) in [7, 11) is 3.91. The molecule has 0 amide bonds. The van der Waals surface area contributed by atoms with E-state index in [9.17, 15) is 4.39 Å². The average molecular weight is 436 g/mol. The van der Waals surface area contributed by atoms with E-state index < -0.39 is 0 Å². The van der Waals surface area contributed by atoms with Crippen molar-refractivity contribution in [3.8, 4) is 0 Å². The highest BCUT2D eigenvalue weighted by Crippen LogP contribution is 2.02. The first kappa shape index (κ1) is 22.1. The van der Waals surface area contributed by atoms with Crippen molar-refractivity contribution >= 4 is 29.9 Å². The van der Waals surface area contributed by atoms with Crippen molar-refractivity contribution in [2.24, 2.45) is 4.99 Å². The Hall–Kier alpha value is -0.890. The molecular formula is C17H30FIN4. The first-order chi connectivity index (χ1) is 10.6.